The van der Waals surface area contributed by atoms with Gasteiger partial charge in [0, 0.05) is 30.5 Å². The van der Waals surface area contributed by atoms with Gasteiger partial charge in [-0.2, -0.15) is 11.8 Å². The number of aliphatic hydroxyl groups is 1. The summed E-state index contributed by atoms with van der Waals surface area (Å²) in [6.45, 7) is 1.39. The SMILES string of the molecule is O=[N+]([O-])c1ccc(C(O)CNCC2CCCS2)cc1. The lowest BCUT2D eigenvalue weighted by Crippen LogP contribution is -2.27. The van der Waals surface area contributed by atoms with Gasteiger partial charge in [0.2, 0.25) is 0 Å². The highest BCUT2D eigenvalue weighted by atomic mass is 32.2. The van der Waals surface area contributed by atoms with Crippen LogP contribution < -0.4 is 5.32 Å². The molecular weight excluding hydrogens is 264 g/mol. The van der Waals surface area contributed by atoms with Crippen LogP contribution in [0.5, 0.6) is 0 Å². The molecule has 1 aromatic carbocycles. The van der Waals surface area contributed by atoms with Crippen molar-refractivity contribution in [3.8, 4) is 0 Å². The van der Waals surface area contributed by atoms with Crippen LogP contribution in [0, 0.1) is 10.1 Å². The summed E-state index contributed by atoms with van der Waals surface area (Å²) in [6.07, 6.45) is 1.90. The monoisotopic (exact) mass is 282 g/mol. The highest BCUT2D eigenvalue weighted by molar-refractivity contribution is 8.00. The minimum absolute atomic E-state index is 0.0475. The molecule has 2 atom stereocenters. The van der Waals surface area contributed by atoms with Crippen molar-refractivity contribution in [1.29, 1.82) is 0 Å². The van der Waals surface area contributed by atoms with Gasteiger partial charge in [-0.05, 0) is 36.3 Å². The molecule has 0 aliphatic carbocycles. The second-order valence-corrected chi connectivity index (χ2v) is 6.07. The van der Waals surface area contributed by atoms with Crippen LogP contribution in [0.4, 0.5) is 5.69 Å². The number of hydrogen-bond acceptors (Lipinski definition) is 5. The van der Waals surface area contributed by atoms with E-state index in [9.17, 15) is 15.2 Å². The van der Waals surface area contributed by atoms with E-state index in [2.05, 4.69) is 5.32 Å². The molecule has 1 saturated heterocycles. The molecule has 2 rings (SSSR count). The predicted octanol–water partition coefficient (Wildman–Crippen LogP) is 2.11. The largest absolute Gasteiger partial charge is 0.387 e. The lowest BCUT2D eigenvalue weighted by atomic mass is 10.1. The zero-order valence-corrected chi connectivity index (χ0v) is 11.4. The van der Waals surface area contributed by atoms with Gasteiger partial charge in [-0.25, -0.2) is 0 Å². The third-order valence-corrected chi connectivity index (χ3v) is 4.62. The number of nitrogens with zero attached hydrogens (tertiary/aromatic N) is 1. The minimum atomic E-state index is -0.618. The molecule has 5 nitrogen and oxygen atoms in total. The Kier molecular flexibility index (Phi) is 5.18. The van der Waals surface area contributed by atoms with E-state index < -0.39 is 11.0 Å². The molecule has 19 heavy (non-hydrogen) atoms. The van der Waals surface area contributed by atoms with Crippen LogP contribution in [0.15, 0.2) is 24.3 Å². The number of benzene rings is 1. The Balaban J connectivity index is 1.78. The zero-order chi connectivity index (χ0) is 13.7. The van der Waals surface area contributed by atoms with E-state index in [1.165, 1.54) is 30.7 Å². The predicted molar refractivity (Wildman–Crippen MR) is 76.4 cm³/mol. The van der Waals surface area contributed by atoms with Crippen LogP contribution in [0.2, 0.25) is 0 Å². The van der Waals surface area contributed by atoms with E-state index >= 15 is 0 Å². The molecule has 1 heterocycles. The third kappa shape index (κ3) is 4.19. The topological polar surface area (TPSA) is 75.4 Å². The standard InChI is InChI=1S/C13H18N2O3S/c16-13(9-14-8-12-2-1-7-19-12)10-3-5-11(6-4-10)15(17)18/h3-6,12-14,16H,1-2,7-9H2. The molecule has 0 bridgehead atoms. The van der Waals surface area contributed by atoms with Gasteiger partial charge in [0.1, 0.15) is 0 Å². The average molecular weight is 282 g/mol. The second kappa shape index (κ2) is 6.88. The average Bonchev–Trinajstić information content (AvgIpc) is 2.92. The Morgan fingerprint density at radius 1 is 1.47 bits per heavy atom. The fourth-order valence-corrected chi connectivity index (χ4v) is 3.36. The Labute approximate surface area is 116 Å². The summed E-state index contributed by atoms with van der Waals surface area (Å²) in [7, 11) is 0. The number of hydrogen-bond donors (Lipinski definition) is 2. The van der Waals surface area contributed by atoms with Gasteiger partial charge in [-0.3, -0.25) is 10.1 Å². The number of nitro benzene ring substituents is 1. The van der Waals surface area contributed by atoms with Crippen molar-refractivity contribution in [2.45, 2.75) is 24.2 Å². The highest BCUT2D eigenvalue weighted by Gasteiger charge is 2.16. The van der Waals surface area contributed by atoms with Crippen LogP contribution in [-0.2, 0) is 0 Å². The van der Waals surface area contributed by atoms with E-state index in [1.807, 2.05) is 11.8 Å². The fourth-order valence-electron chi connectivity index (χ4n) is 2.12. The fraction of sp³-hybridized carbons (Fsp3) is 0.538. The Morgan fingerprint density at radius 3 is 2.79 bits per heavy atom. The Morgan fingerprint density at radius 2 is 2.21 bits per heavy atom. The highest BCUT2D eigenvalue weighted by Crippen LogP contribution is 2.25. The van der Waals surface area contributed by atoms with Gasteiger partial charge < -0.3 is 10.4 Å². The molecule has 6 heteroatoms. The minimum Gasteiger partial charge on any atom is -0.387 e. The van der Waals surface area contributed by atoms with Crippen molar-refractivity contribution in [3.63, 3.8) is 0 Å². The number of aliphatic hydroxyl groups excluding tert-OH is 1. The summed E-state index contributed by atoms with van der Waals surface area (Å²) in [4.78, 5) is 10.1. The maximum atomic E-state index is 10.5. The molecule has 1 aromatic rings. The van der Waals surface area contributed by atoms with Crippen molar-refractivity contribution < 1.29 is 10.0 Å². The van der Waals surface area contributed by atoms with Crippen molar-refractivity contribution in [2.75, 3.05) is 18.8 Å². The summed E-state index contributed by atoms with van der Waals surface area (Å²) in [6, 6.07) is 6.06. The van der Waals surface area contributed by atoms with E-state index in [1.54, 1.807) is 12.1 Å². The van der Waals surface area contributed by atoms with Crippen molar-refractivity contribution in [3.05, 3.63) is 39.9 Å². The normalized spacial score (nSPS) is 20.4. The van der Waals surface area contributed by atoms with Gasteiger partial charge in [-0.1, -0.05) is 0 Å². The van der Waals surface area contributed by atoms with Crippen LogP contribution >= 0.6 is 11.8 Å². The van der Waals surface area contributed by atoms with E-state index in [0.717, 1.165) is 6.54 Å². The quantitative estimate of drug-likeness (QED) is 0.617. The molecule has 2 N–H and O–H groups in total. The zero-order valence-electron chi connectivity index (χ0n) is 10.6. The number of rotatable bonds is 6. The number of thioether (sulfide) groups is 1. The lowest BCUT2D eigenvalue weighted by molar-refractivity contribution is -0.384. The molecule has 1 fully saturated rings. The van der Waals surface area contributed by atoms with Crippen LogP contribution in [-0.4, -0.2) is 34.1 Å². The molecule has 1 aliphatic rings. The first-order valence-corrected chi connectivity index (χ1v) is 7.46. The molecule has 2 unspecified atom stereocenters. The van der Waals surface area contributed by atoms with Gasteiger partial charge in [0.05, 0.1) is 11.0 Å². The van der Waals surface area contributed by atoms with Crippen LogP contribution in [0.25, 0.3) is 0 Å². The first kappa shape index (κ1) is 14.3. The van der Waals surface area contributed by atoms with E-state index in [4.69, 9.17) is 0 Å². The molecule has 0 spiro atoms. The summed E-state index contributed by atoms with van der Waals surface area (Å²) in [5, 5.41) is 24.4. The molecule has 0 amide bonds. The summed E-state index contributed by atoms with van der Waals surface area (Å²) < 4.78 is 0. The maximum absolute atomic E-state index is 10.5. The van der Waals surface area contributed by atoms with Gasteiger partial charge in [0.25, 0.3) is 5.69 Å². The maximum Gasteiger partial charge on any atom is 0.269 e. The first-order valence-electron chi connectivity index (χ1n) is 6.41. The Hall–Kier alpha value is -1.11. The smallest absolute Gasteiger partial charge is 0.269 e. The third-order valence-electron chi connectivity index (χ3n) is 3.22. The number of nitro groups is 1. The summed E-state index contributed by atoms with van der Waals surface area (Å²) in [5.74, 6) is 1.23. The first-order chi connectivity index (χ1) is 9.16. The molecule has 1 aliphatic heterocycles. The molecule has 0 saturated carbocycles. The van der Waals surface area contributed by atoms with Crippen LogP contribution in [0.1, 0.15) is 24.5 Å². The number of nitrogens with one attached hydrogen (secondary N) is 1. The van der Waals surface area contributed by atoms with Gasteiger partial charge in [-0.15, -0.1) is 0 Å². The van der Waals surface area contributed by atoms with Crippen LogP contribution in [0.3, 0.4) is 0 Å². The summed E-state index contributed by atoms with van der Waals surface area (Å²) in [5.41, 5.74) is 0.753. The van der Waals surface area contributed by atoms with Gasteiger partial charge in [0.15, 0.2) is 0 Å². The van der Waals surface area contributed by atoms with Crippen molar-refractivity contribution >= 4 is 17.4 Å². The van der Waals surface area contributed by atoms with E-state index in [-0.39, 0.29) is 5.69 Å². The van der Waals surface area contributed by atoms with E-state index in [0.29, 0.717) is 17.4 Å². The molecular formula is C13H18N2O3S. The Bertz CT molecular complexity index is 418. The molecule has 0 aromatic heterocycles. The van der Waals surface area contributed by atoms with Crippen molar-refractivity contribution in [2.24, 2.45) is 0 Å². The van der Waals surface area contributed by atoms with Crippen molar-refractivity contribution in [1.82, 2.24) is 5.32 Å². The second-order valence-electron chi connectivity index (χ2n) is 4.66. The molecule has 104 valence electrons. The summed E-state index contributed by atoms with van der Waals surface area (Å²) >= 11 is 1.98. The number of non-ortho nitro benzene ring substituents is 1. The lowest BCUT2D eigenvalue weighted by Gasteiger charge is -2.14. The van der Waals surface area contributed by atoms with Gasteiger partial charge >= 0.3 is 0 Å². The molecule has 0 radical (unpaired) electrons.